The summed E-state index contributed by atoms with van der Waals surface area (Å²) in [6.07, 6.45) is 1.74. The highest BCUT2D eigenvalue weighted by Gasteiger charge is 2.17. The number of benzene rings is 2. The van der Waals surface area contributed by atoms with Crippen molar-refractivity contribution in [1.82, 2.24) is 18.6 Å². The molecule has 4 rings (SSSR count). The van der Waals surface area contributed by atoms with Gasteiger partial charge in [0.25, 0.3) is 0 Å². The SMILES string of the molecule is Cc1nsnc1-c1c(OCc2csc(N=CN(C)C)n2)ccc2ccccc12. The van der Waals surface area contributed by atoms with E-state index in [1.165, 1.54) is 23.1 Å². The molecule has 0 unspecified atom stereocenters. The molecule has 4 aromatic rings. The number of nitrogens with zero attached hydrogens (tertiary/aromatic N) is 5. The van der Waals surface area contributed by atoms with Crippen LogP contribution in [0.25, 0.3) is 22.0 Å². The van der Waals surface area contributed by atoms with E-state index >= 15 is 0 Å². The molecule has 0 aliphatic heterocycles. The third-order valence-electron chi connectivity index (χ3n) is 4.09. The average Bonchev–Trinajstić information content (AvgIpc) is 3.33. The normalized spacial score (nSPS) is 11.4. The average molecular weight is 410 g/mol. The lowest BCUT2D eigenvalue weighted by Crippen LogP contribution is -2.06. The second kappa shape index (κ2) is 8.04. The smallest absolute Gasteiger partial charge is 0.210 e. The van der Waals surface area contributed by atoms with E-state index in [2.05, 4.69) is 36.9 Å². The van der Waals surface area contributed by atoms with Gasteiger partial charge in [-0.3, -0.25) is 0 Å². The van der Waals surface area contributed by atoms with Crippen LogP contribution in [0.2, 0.25) is 0 Å². The summed E-state index contributed by atoms with van der Waals surface area (Å²) in [6, 6.07) is 12.3. The Balaban J connectivity index is 1.65. The summed E-state index contributed by atoms with van der Waals surface area (Å²) in [6.45, 7) is 2.34. The molecule has 2 aromatic heterocycles. The quantitative estimate of drug-likeness (QED) is 0.334. The number of aliphatic imine (C=N–C) groups is 1. The minimum absolute atomic E-state index is 0.371. The Bertz CT molecular complexity index is 1130. The minimum Gasteiger partial charge on any atom is -0.487 e. The molecule has 0 spiro atoms. The fourth-order valence-corrected chi connectivity index (χ4v) is 4.01. The van der Waals surface area contributed by atoms with Crippen LogP contribution in [0.15, 0.2) is 46.8 Å². The Labute approximate surface area is 171 Å². The molecule has 142 valence electrons. The lowest BCUT2D eigenvalue weighted by Gasteiger charge is -2.13. The van der Waals surface area contributed by atoms with Crippen molar-refractivity contribution >= 4 is 45.3 Å². The Hall–Kier alpha value is -2.84. The van der Waals surface area contributed by atoms with Crippen LogP contribution in [0.3, 0.4) is 0 Å². The van der Waals surface area contributed by atoms with Gasteiger partial charge in [-0.05, 0) is 23.8 Å². The van der Waals surface area contributed by atoms with Gasteiger partial charge < -0.3 is 9.64 Å². The highest BCUT2D eigenvalue weighted by atomic mass is 32.1. The first-order chi connectivity index (χ1) is 13.6. The van der Waals surface area contributed by atoms with Gasteiger partial charge in [-0.1, -0.05) is 30.3 Å². The van der Waals surface area contributed by atoms with Crippen molar-refractivity contribution in [3.63, 3.8) is 0 Å². The molecule has 0 N–H and O–H groups in total. The van der Waals surface area contributed by atoms with Crippen LogP contribution >= 0.6 is 23.1 Å². The summed E-state index contributed by atoms with van der Waals surface area (Å²) >= 11 is 2.72. The maximum atomic E-state index is 6.17. The van der Waals surface area contributed by atoms with Crippen molar-refractivity contribution in [2.24, 2.45) is 4.99 Å². The second-order valence-electron chi connectivity index (χ2n) is 6.48. The van der Waals surface area contributed by atoms with Crippen LogP contribution in [0, 0.1) is 6.92 Å². The Morgan fingerprint density at radius 1 is 1.14 bits per heavy atom. The molecule has 0 radical (unpaired) electrons. The summed E-state index contributed by atoms with van der Waals surface area (Å²) in [4.78, 5) is 10.7. The van der Waals surface area contributed by atoms with Gasteiger partial charge in [-0.15, -0.1) is 11.3 Å². The van der Waals surface area contributed by atoms with Crippen LogP contribution in [0.5, 0.6) is 5.75 Å². The van der Waals surface area contributed by atoms with Gasteiger partial charge in [-0.2, -0.15) is 8.75 Å². The molecule has 0 fully saturated rings. The first kappa shape index (κ1) is 18.5. The van der Waals surface area contributed by atoms with Gasteiger partial charge in [-0.25, -0.2) is 9.98 Å². The van der Waals surface area contributed by atoms with E-state index in [4.69, 9.17) is 4.74 Å². The van der Waals surface area contributed by atoms with Crippen molar-refractivity contribution in [3.05, 3.63) is 53.2 Å². The van der Waals surface area contributed by atoms with E-state index in [0.717, 1.165) is 39.2 Å². The molecule has 0 aliphatic carbocycles. The molecule has 6 nitrogen and oxygen atoms in total. The maximum absolute atomic E-state index is 6.17. The summed E-state index contributed by atoms with van der Waals surface area (Å²) in [7, 11) is 3.86. The van der Waals surface area contributed by atoms with E-state index in [0.29, 0.717) is 11.7 Å². The molecular weight excluding hydrogens is 390 g/mol. The predicted molar refractivity (Wildman–Crippen MR) is 116 cm³/mol. The zero-order chi connectivity index (χ0) is 19.5. The number of rotatable bonds is 6. The first-order valence-corrected chi connectivity index (χ1v) is 10.3. The highest BCUT2D eigenvalue weighted by Crippen LogP contribution is 2.38. The molecular formula is C20H19N5OS2. The van der Waals surface area contributed by atoms with E-state index in [-0.39, 0.29) is 0 Å². The lowest BCUT2D eigenvalue weighted by atomic mass is 10.00. The van der Waals surface area contributed by atoms with Gasteiger partial charge in [0, 0.05) is 19.5 Å². The van der Waals surface area contributed by atoms with Gasteiger partial charge in [0.1, 0.15) is 18.1 Å². The lowest BCUT2D eigenvalue weighted by molar-refractivity contribution is 0.304. The number of ether oxygens (including phenoxy) is 1. The highest BCUT2D eigenvalue weighted by molar-refractivity contribution is 7.13. The molecule has 0 bridgehead atoms. The van der Waals surface area contributed by atoms with Gasteiger partial charge in [0.05, 0.1) is 35.0 Å². The number of aromatic nitrogens is 3. The molecule has 0 saturated heterocycles. The molecule has 0 atom stereocenters. The number of thiazole rings is 1. The van der Waals surface area contributed by atoms with Crippen LogP contribution in [-0.2, 0) is 6.61 Å². The van der Waals surface area contributed by atoms with Gasteiger partial charge >= 0.3 is 0 Å². The van der Waals surface area contributed by atoms with E-state index in [1.54, 1.807) is 6.34 Å². The summed E-state index contributed by atoms with van der Waals surface area (Å²) < 4.78 is 15.0. The topological polar surface area (TPSA) is 63.5 Å². The van der Waals surface area contributed by atoms with E-state index in [1.807, 2.05) is 49.5 Å². The maximum Gasteiger partial charge on any atom is 0.210 e. The van der Waals surface area contributed by atoms with Crippen molar-refractivity contribution in [1.29, 1.82) is 0 Å². The number of hydrogen-bond acceptors (Lipinski definition) is 7. The van der Waals surface area contributed by atoms with Gasteiger partial charge in [0.15, 0.2) is 0 Å². The van der Waals surface area contributed by atoms with Crippen LogP contribution in [-0.4, -0.2) is 39.1 Å². The molecule has 0 aliphatic rings. The largest absolute Gasteiger partial charge is 0.487 e. The van der Waals surface area contributed by atoms with Crippen molar-refractivity contribution < 1.29 is 4.74 Å². The number of fused-ring (bicyclic) bond motifs is 1. The van der Waals surface area contributed by atoms with Crippen LogP contribution in [0.1, 0.15) is 11.4 Å². The third kappa shape index (κ3) is 3.88. The van der Waals surface area contributed by atoms with E-state index < -0.39 is 0 Å². The molecule has 0 amide bonds. The Kier molecular flexibility index (Phi) is 5.31. The molecule has 28 heavy (non-hydrogen) atoms. The van der Waals surface area contributed by atoms with E-state index in [9.17, 15) is 0 Å². The third-order valence-corrected chi connectivity index (χ3v) is 5.51. The Morgan fingerprint density at radius 3 is 2.79 bits per heavy atom. The van der Waals surface area contributed by atoms with Crippen LogP contribution < -0.4 is 4.74 Å². The van der Waals surface area contributed by atoms with Crippen LogP contribution in [0.4, 0.5) is 5.13 Å². The summed E-state index contributed by atoms with van der Waals surface area (Å²) in [5.41, 5.74) is 3.60. The zero-order valence-corrected chi connectivity index (χ0v) is 17.4. The summed E-state index contributed by atoms with van der Waals surface area (Å²) in [5, 5.41) is 4.93. The Morgan fingerprint density at radius 2 is 2.00 bits per heavy atom. The molecule has 8 heteroatoms. The fraction of sp³-hybridized carbons (Fsp3) is 0.200. The number of hydrogen-bond donors (Lipinski definition) is 0. The zero-order valence-electron chi connectivity index (χ0n) is 15.8. The monoisotopic (exact) mass is 409 g/mol. The van der Waals surface area contributed by atoms with Crippen molar-refractivity contribution in [2.45, 2.75) is 13.5 Å². The number of aryl methyl sites for hydroxylation is 1. The first-order valence-electron chi connectivity index (χ1n) is 8.71. The molecule has 0 saturated carbocycles. The molecule has 2 aromatic carbocycles. The van der Waals surface area contributed by atoms with Crippen molar-refractivity contribution in [3.8, 4) is 17.0 Å². The predicted octanol–water partition coefficient (Wildman–Crippen LogP) is 4.92. The van der Waals surface area contributed by atoms with Gasteiger partial charge in [0.2, 0.25) is 5.13 Å². The second-order valence-corrected chi connectivity index (χ2v) is 7.84. The standard InChI is InChI=1S/C20H19N5OS2/c1-13-19(24-28-23-13)18-16-7-5-4-6-14(16)8-9-17(18)26-10-15-11-27-20(22-15)21-12-25(2)3/h4-9,11-12H,10H2,1-3H3. The summed E-state index contributed by atoms with van der Waals surface area (Å²) in [5.74, 6) is 0.779. The molecule has 2 heterocycles. The van der Waals surface area contributed by atoms with Crippen molar-refractivity contribution in [2.75, 3.05) is 14.1 Å². The fourth-order valence-electron chi connectivity index (χ4n) is 2.81. The minimum atomic E-state index is 0.371.